The normalized spacial score (nSPS) is 12.1. The summed E-state index contributed by atoms with van der Waals surface area (Å²) in [5.41, 5.74) is 6.81. The first-order chi connectivity index (χ1) is 7.11. The summed E-state index contributed by atoms with van der Waals surface area (Å²) in [6, 6.07) is 6.65. The van der Waals surface area contributed by atoms with Gasteiger partial charge in [-0.1, -0.05) is 12.1 Å². The van der Waals surface area contributed by atoms with Crippen LogP contribution in [0.25, 0.3) is 0 Å². The fraction of sp³-hybridized carbons (Fsp3) is 0.364. The Morgan fingerprint density at radius 1 is 1.47 bits per heavy atom. The van der Waals surface area contributed by atoms with Gasteiger partial charge in [0, 0.05) is 19.5 Å². The van der Waals surface area contributed by atoms with Gasteiger partial charge in [0.2, 0.25) is 5.91 Å². The van der Waals surface area contributed by atoms with E-state index in [1.807, 2.05) is 0 Å². The summed E-state index contributed by atoms with van der Waals surface area (Å²) < 4.78 is 0. The highest BCUT2D eigenvalue weighted by Crippen LogP contribution is 2.11. The number of carbonyl (C=O) groups is 1. The van der Waals surface area contributed by atoms with Crippen molar-refractivity contribution in [3.05, 3.63) is 29.8 Å². The number of nitrogens with one attached hydrogen (secondary N) is 1. The van der Waals surface area contributed by atoms with Crippen LogP contribution in [0, 0.1) is 0 Å². The first-order valence-corrected chi connectivity index (χ1v) is 4.86. The molecular weight excluding hydrogens is 192 g/mol. The summed E-state index contributed by atoms with van der Waals surface area (Å²) in [4.78, 5) is 11.0. The lowest BCUT2D eigenvalue weighted by Crippen LogP contribution is -2.31. The molecule has 1 atom stereocenters. The Morgan fingerprint density at radius 3 is 2.60 bits per heavy atom. The standard InChI is InChI=1S/C11H16N2O2/c1-13-11(15)7-9(12)6-8-2-4-10(14)5-3-8/h2-5,9,14H,6-7,12H2,1H3,(H,13,15)/t9-/m0/s1. The molecule has 4 heteroatoms. The zero-order chi connectivity index (χ0) is 11.3. The lowest BCUT2D eigenvalue weighted by Gasteiger charge is -2.10. The molecular formula is C11H16N2O2. The average Bonchev–Trinajstić information content (AvgIpc) is 2.21. The highest BCUT2D eigenvalue weighted by molar-refractivity contribution is 5.76. The molecule has 0 spiro atoms. The van der Waals surface area contributed by atoms with E-state index in [1.54, 1.807) is 31.3 Å². The minimum Gasteiger partial charge on any atom is -0.508 e. The van der Waals surface area contributed by atoms with E-state index in [-0.39, 0.29) is 17.7 Å². The first-order valence-electron chi connectivity index (χ1n) is 4.86. The van der Waals surface area contributed by atoms with Crippen molar-refractivity contribution < 1.29 is 9.90 Å². The molecule has 0 aromatic heterocycles. The molecule has 0 bridgehead atoms. The second-order valence-electron chi connectivity index (χ2n) is 3.51. The zero-order valence-corrected chi connectivity index (χ0v) is 8.73. The van der Waals surface area contributed by atoms with Gasteiger partial charge in [-0.05, 0) is 24.1 Å². The molecule has 0 aliphatic rings. The fourth-order valence-electron chi connectivity index (χ4n) is 1.35. The maximum absolute atomic E-state index is 11.0. The van der Waals surface area contributed by atoms with Crippen molar-refractivity contribution in [2.45, 2.75) is 18.9 Å². The zero-order valence-electron chi connectivity index (χ0n) is 8.73. The lowest BCUT2D eigenvalue weighted by atomic mass is 10.0. The molecule has 82 valence electrons. The number of phenols is 1. The van der Waals surface area contributed by atoms with Crippen LogP contribution < -0.4 is 11.1 Å². The summed E-state index contributed by atoms with van der Waals surface area (Å²) in [6.45, 7) is 0. The minimum absolute atomic E-state index is 0.0544. The Kier molecular flexibility index (Phi) is 4.12. The summed E-state index contributed by atoms with van der Waals surface area (Å²) in [5.74, 6) is 0.180. The Morgan fingerprint density at radius 2 is 2.07 bits per heavy atom. The summed E-state index contributed by atoms with van der Waals surface area (Å²) >= 11 is 0. The molecule has 0 fully saturated rings. The number of rotatable bonds is 4. The highest BCUT2D eigenvalue weighted by atomic mass is 16.3. The van der Waals surface area contributed by atoms with E-state index < -0.39 is 0 Å². The molecule has 0 heterocycles. The van der Waals surface area contributed by atoms with E-state index in [4.69, 9.17) is 10.8 Å². The van der Waals surface area contributed by atoms with Crippen LogP contribution in [0.2, 0.25) is 0 Å². The van der Waals surface area contributed by atoms with Crippen LogP contribution in [0.5, 0.6) is 5.75 Å². The molecule has 4 N–H and O–H groups in total. The number of hydrogen-bond acceptors (Lipinski definition) is 3. The van der Waals surface area contributed by atoms with E-state index in [0.29, 0.717) is 12.8 Å². The van der Waals surface area contributed by atoms with Crippen LogP contribution in [0.15, 0.2) is 24.3 Å². The Bertz CT molecular complexity index is 322. The molecule has 1 rings (SSSR count). The fourth-order valence-corrected chi connectivity index (χ4v) is 1.35. The summed E-state index contributed by atoms with van der Waals surface area (Å²) in [6.07, 6.45) is 0.949. The number of phenolic OH excluding ortho intramolecular Hbond substituents is 1. The molecule has 0 radical (unpaired) electrons. The predicted molar refractivity (Wildman–Crippen MR) is 58.5 cm³/mol. The molecule has 0 aliphatic carbocycles. The molecule has 0 saturated carbocycles. The summed E-state index contributed by atoms with van der Waals surface area (Å²) in [5, 5.41) is 11.6. The van der Waals surface area contributed by atoms with Gasteiger partial charge in [0.15, 0.2) is 0 Å². The number of amides is 1. The van der Waals surface area contributed by atoms with E-state index in [2.05, 4.69) is 5.32 Å². The van der Waals surface area contributed by atoms with Gasteiger partial charge < -0.3 is 16.2 Å². The van der Waals surface area contributed by atoms with Crippen molar-refractivity contribution in [3.8, 4) is 5.75 Å². The van der Waals surface area contributed by atoms with Gasteiger partial charge in [0.1, 0.15) is 5.75 Å². The average molecular weight is 208 g/mol. The molecule has 1 aromatic rings. The van der Waals surface area contributed by atoms with Gasteiger partial charge in [0.25, 0.3) is 0 Å². The van der Waals surface area contributed by atoms with Crippen molar-refractivity contribution in [2.24, 2.45) is 5.73 Å². The third kappa shape index (κ3) is 3.99. The van der Waals surface area contributed by atoms with Crippen LogP contribution in [-0.4, -0.2) is 24.1 Å². The Hall–Kier alpha value is -1.55. The van der Waals surface area contributed by atoms with Gasteiger partial charge in [-0.15, -0.1) is 0 Å². The maximum atomic E-state index is 11.0. The largest absolute Gasteiger partial charge is 0.508 e. The number of hydrogen-bond donors (Lipinski definition) is 3. The SMILES string of the molecule is CNC(=O)C[C@@H](N)Cc1ccc(O)cc1. The third-order valence-corrected chi connectivity index (χ3v) is 2.16. The Labute approximate surface area is 89.1 Å². The van der Waals surface area contributed by atoms with E-state index >= 15 is 0 Å². The lowest BCUT2D eigenvalue weighted by molar-refractivity contribution is -0.120. The predicted octanol–water partition coefficient (Wildman–Crippen LogP) is 0.398. The van der Waals surface area contributed by atoms with Gasteiger partial charge >= 0.3 is 0 Å². The maximum Gasteiger partial charge on any atom is 0.221 e. The number of nitrogens with two attached hydrogens (primary N) is 1. The van der Waals surface area contributed by atoms with E-state index in [1.165, 1.54) is 0 Å². The molecule has 0 unspecified atom stereocenters. The number of carbonyl (C=O) groups excluding carboxylic acids is 1. The molecule has 0 aliphatic heterocycles. The summed E-state index contributed by atoms with van der Waals surface area (Å²) in [7, 11) is 1.59. The Balaban J connectivity index is 2.47. The second-order valence-corrected chi connectivity index (χ2v) is 3.51. The van der Waals surface area contributed by atoms with E-state index in [0.717, 1.165) is 5.56 Å². The molecule has 0 saturated heterocycles. The van der Waals surface area contributed by atoms with Crippen molar-refractivity contribution in [3.63, 3.8) is 0 Å². The van der Waals surface area contributed by atoms with Gasteiger partial charge in [-0.3, -0.25) is 4.79 Å². The van der Waals surface area contributed by atoms with Crippen molar-refractivity contribution in [2.75, 3.05) is 7.05 Å². The number of benzene rings is 1. The molecule has 15 heavy (non-hydrogen) atoms. The molecule has 1 aromatic carbocycles. The second kappa shape index (κ2) is 5.36. The highest BCUT2D eigenvalue weighted by Gasteiger charge is 2.08. The molecule has 1 amide bonds. The van der Waals surface area contributed by atoms with Crippen LogP contribution in [0.1, 0.15) is 12.0 Å². The number of aromatic hydroxyl groups is 1. The molecule has 4 nitrogen and oxygen atoms in total. The van der Waals surface area contributed by atoms with Crippen molar-refractivity contribution in [1.29, 1.82) is 0 Å². The van der Waals surface area contributed by atoms with Crippen LogP contribution >= 0.6 is 0 Å². The van der Waals surface area contributed by atoms with Crippen molar-refractivity contribution in [1.82, 2.24) is 5.32 Å². The van der Waals surface area contributed by atoms with Crippen LogP contribution in [0.3, 0.4) is 0 Å². The van der Waals surface area contributed by atoms with Gasteiger partial charge in [-0.2, -0.15) is 0 Å². The van der Waals surface area contributed by atoms with E-state index in [9.17, 15) is 4.79 Å². The van der Waals surface area contributed by atoms with Crippen LogP contribution in [0.4, 0.5) is 0 Å². The smallest absolute Gasteiger partial charge is 0.221 e. The quantitative estimate of drug-likeness (QED) is 0.670. The third-order valence-electron chi connectivity index (χ3n) is 2.16. The van der Waals surface area contributed by atoms with Crippen molar-refractivity contribution >= 4 is 5.91 Å². The van der Waals surface area contributed by atoms with Gasteiger partial charge in [0.05, 0.1) is 0 Å². The topological polar surface area (TPSA) is 75.4 Å². The van der Waals surface area contributed by atoms with Crippen LogP contribution in [-0.2, 0) is 11.2 Å². The van der Waals surface area contributed by atoms with Gasteiger partial charge in [-0.25, -0.2) is 0 Å². The minimum atomic E-state index is -0.186. The monoisotopic (exact) mass is 208 g/mol. The first kappa shape index (κ1) is 11.5.